The van der Waals surface area contributed by atoms with Crippen molar-refractivity contribution in [2.24, 2.45) is 0 Å². The van der Waals surface area contributed by atoms with Crippen LogP contribution in [0.4, 0.5) is 4.39 Å². The Labute approximate surface area is 165 Å². The van der Waals surface area contributed by atoms with Crippen LogP contribution in [0.3, 0.4) is 0 Å². The van der Waals surface area contributed by atoms with Crippen molar-refractivity contribution in [3.05, 3.63) is 58.8 Å². The van der Waals surface area contributed by atoms with Gasteiger partial charge in [-0.25, -0.2) is 4.39 Å². The Kier molecular flexibility index (Phi) is 8.06. The molecule has 0 saturated heterocycles. The summed E-state index contributed by atoms with van der Waals surface area (Å²) in [6.07, 6.45) is -0.311. The summed E-state index contributed by atoms with van der Waals surface area (Å²) in [6.45, 7) is 1.82. The second-order valence-electron chi connectivity index (χ2n) is 5.64. The van der Waals surface area contributed by atoms with E-state index in [1.54, 1.807) is 6.07 Å². The lowest BCUT2D eigenvalue weighted by atomic mass is 10.3. The summed E-state index contributed by atoms with van der Waals surface area (Å²) in [6, 6.07) is 13.2. The zero-order valence-corrected chi connectivity index (χ0v) is 16.3. The highest BCUT2D eigenvalue weighted by molar-refractivity contribution is 9.10. The van der Waals surface area contributed by atoms with Crippen molar-refractivity contribution in [1.29, 1.82) is 0 Å². The maximum absolute atomic E-state index is 13.5. The van der Waals surface area contributed by atoms with Gasteiger partial charge in [0.1, 0.15) is 5.75 Å². The molecule has 2 amide bonds. The van der Waals surface area contributed by atoms with Crippen LogP contribution in [0.25, 0.3) is 0 Å². The van der Waals surface area contributed by atoms with E-state index in [0.29, 0.717) is 18.8 Å². The van der Waals surface area contributed by atoms with Crippen LogP contribution in [0.15, 0.2) is 53.0 Å². The molecule has 0 saturated carbocycles. The lowest BCUT2D eigenvalue weighted by Crippen LogP contribution is -2.47. The van der Waals surface area contributed by atoms with Crippen molar-refractivity contribution in [3.63, 3.8) is 0 Å². The van der Waals surface area contributed by atoms with Gasteiger partial charge in [-0.15, -0.1) is 0 Å². The monoisotopic (exact) mass is 438 g/mol. The second-order valence-corrected chi connectivity index (χ2v) is 6.55. The first-order chi connectivity index (χ1) is 13.0. The fourth-order valence-corrected chi connectivity index (χ4v) is 2.44. The quantitative estimate of drug-likeness (QED) is 0.489. The molecule has 0 bridgehead atoms. The van der Waals surface area contributed by atoms with Crippen molar-refractivity contribution in [2.75, 3.05) is 6.61 Å². The summed E-state index contributed by atoms with van der Waals surface area (Å²) in [5.41, 5.74) is 4.55. The van der Waals surface area contributed by atoms with E-state index in [4.69, 9.17) is 9.47 Å². The number of carbonyl (C=O) groups is 2. The molecule has 0 aromatic heterocycles. The van der Waals surface area contributed by atoms with Crippen LogP contribution in [0.1, 0.15) is 19.8 Å². The third-order valence-corrected chi connectivity index (χ3v) is 3.94. The van der Waals surface area contributed by atoms with E-state index in [2.05, 4.69) is 26.8 Å². The van der Waals surface area contributed by atoms with E-state index >= 15 is 0 Å². The Morgan fingerprint density at radius 3 is 2.67 bits per heavy atom. The molecule has 0 fully saturated rings. The van der Waals surface area contributed by atoms with Gasteiger partial charge in [0.2, 0.25) is 5.91 Å². The lowest BCUT2D eigenvalue weighted by Gasteiger charge is -2.15. The summed E-state index contributed by atoms with van der Waals surface area (Å²) in [7, 11) is 0. The van der Waals surface area contributed by atoms with E-state index in [-0.39, 0.29) is 18.1 Å². The second kappa shape index (κ2) is 10.5. The van der Waals surface area contributed by atoms with Crippen molar-refractivity contribution >= 4 is 27.7 Å². The molecule has 0 radical (unpaired) electrons. The lowest BCUT2D eigenvalue weighted by molar-refractivity contribution is -0.132. The molecule has 2 aromatic carbocycles. The average Bonchev–Trinajstić information content (AvgIpc) is 2.65. The minimum atomic E-state index is -0.970. The van der Waals surface area contributed by atoms with Crippen LogP contribution < -0.4 is 20.3 Å². The number of hydrogen-bond donors (Lipinski definition) is 2. The third-order valence-electron chi connectivity index (χ3n) is 3.45. The fraction of sp³-hybridized carbons (Fsp3) is 0.263. The highest BCUT2D eigenvalue weighted by atomic mass is 79.9. The molecule has 1 atom stereocenters. The minimum Gasteiger partial charge on any atom is -0.494 e. The number of rotatable bonds is 8. The smallest absolute Gasteiger partial charge is 0.279 e. The SMILES string of the molecule is CC(Oc1ccccc1F)C(=O)NNC(=O)CCCOc1cccc(Br)c1. The van der Waals surface area contributed by atoms with Gasteiger partial charge in [-0.1, -0.05) is 34.1 Å². The number of benzene rings is 2. The van der Waals surface area contributed by atoms with Crippen molar-refractivity contribution < 1.29 is 23.5 Å². The van der Waals surface area contributed by atoms with E-state index in [0.717, 1.165) is 4.47 Å². The molecule has 0 heterocycles. The Balaban J connectivity index is 1.64. The third kappa shape index (κ3) is 7.26. The number of ether oxygens (including phenoxy) is 2. The largest absolute Gasteiger partial charge is 0.494 e. The number of amides is 2. The molecule has 0 spiro atoms. The molecular weight excluding hydrogens is 419 g/mol. The van der Waals surface area contributed by atoms with Crippen LogP contribution in [0.5, 0.6) is 11.5 Å². The van der Waals surface area contributed by atoms with Crippen LogP contribution in [0.2, 0.25) is 0 Å². The molecule has 2 aromatic rings. The zero-order chi connectivity index (χ0) is 19.6. The normalized spacial score (nSPS) is 11.4. The number of hydrazine groups is 1. The molecular formula is C19H20BrFN2O4. The maximum atomic E-state index is 13.5. The predicted molar refractivity (Wildman–Crippen MR) is 102 cm³/mol. The number of hydrogen-bond acceptors (Lipinski definition) is 4. The first-order valence-electron chi connectivity index (χ1n) is 8.34. The average molecular weight is 439 g/mol. The van der Waals surface area contributed by atoms with Gasteiger partial charge >= 0.3 is 0 Å². The van der Waals surface area contributed by atoms with Gasteiger partial charge in [0, 0.05) is 10.9 Å². The first kappa shape index (κ1) is 20.7. The summed E-state index contributed by atoms with van der Waals surface area (Å²) < 4.78 is 25.2. The van der Waals surface area contributed by atoms with Crippen molar-refractivity contribution in [2.45, 2.75) is 25.9 Å². The van der Waals surface area contributed by atoms with Crippen LogP contribution in [-0.2, 0) is 9.59 Å². The maximum Gasteiger partial charge on any atom is 0.279 e. The first-order valence-corrected chi connectivity index (χ1v) is 9.13. The van der Waals surface area contributed by atoms with Gasteiger partial charge in [0.05, 0.1) is 6.61 Å². The van der Waals surface area contributed by atoms with E-state index in [1.165, 1.54) is 25.1 Å². The van der Waals surface area contributed by atoms with Crippen molar-refractivity contribution in [3.8, 4) is 11.5 Å². The van der Waals surface area contributed by atoms with Gasteiger partial charge in [-0.3, -0.25) is 20.4 Å². The Hall–Kier alpha value is -2.61. The Morgan fingerprint density at radius 1 is 1.15 bits per heavy atom. The molecule has 2 rings (SSSR count). The minimum absolute atomic E-state index is 0.0313. The summed E-state index contributed by atoms with van der Waals surface area (Å²) in [4.78, 5) is 23.7. The van der Waals surface area contributed by atoms with Crippen LogP contribution >= 0.6 is 15.9 Å². The standard InChI is InChI=1S/C19H20BrFN2O4/c1-13(27-17-9-3-2-8-16(17)21)19(25)23-22-18(24)10-5-11-26-15-7-4-6-14(20)12-15/h2-4,6-9,12-13H,5,10-11H2,1H3,(H,22,24)(H,23,25). The molecule has 1 unspecified atom stereocenters. The molecule has 0 aliphatic heterocycles. The Morgan fingerprint density at radius 2 is 1.93 bits per heavy atom. The van der Waals surface area contributed by atoms with E-state index in [9.17, 15) is 14.0 Å². The van der Waals surface area contributed by atoms with Gasteiger partial charge in [-0.2, -0.15) is 0 Å². The zero-order valence-electron chi connectivity index (χ0n) is 14.7. The number of carbonyl (C=O) groups excluding carboxylic acids is 2. The van der Waals surface area contributed by atoms with Crippen molar-refractivity contribution in [1.82, 2.24) is 10.9 Å². The Bertz CT molecular complexity index is 788. The number of nitrogens with one attached hydrogen (secondary N) is 2. The molecule has 2 N–H and O–H groups in total. The fourth-order valence-electron chi connectivity index (χ4n) is 2.06. The highest BCUT2D eigenvalue weighted by Crippen LogP contribution is 2.18. The van der Waals surface area contributed by atoms with Gasteiger partial charge < -0.3 is 9.47 Å². The summed E-state index contributed by atoms with van der Waals surface area (Å²) in [5.74, 6) is -0.837. The molecule has 27 heavy (non-hydrogen) atoms. The van der Waals surface area contributed by atoms with Crippen LogP contribution in [0, 0.1) is 5.82 Å². The van der Waals surface area contributed by atoms with Gasteiger partial charge in [0.15, 0.2) is 17.7 Å². The van der Waals surface area contributed by atoms with Gasteiger partial charge in [-0.05, 0) is 43.7 Å². The predicted octanol–water partition coefficient (Wildman–Crippen LogP) is 3.36. The molecule has 8 heteroatoms. The summed E-state index contributed by atoms with van der Waals surface area (Å²) >= 11 is 3.35. The summed E-state index contributed by atoms with van der Waals surface area (Å²) in [5, 5.41) is 0. The van der Waals surface area contributed by atoms with E-state index < -0.39 is 17.8 Å². The number of para-hydroxylation sites is 1. The molecule has 0 aliphatic rings. The molecule has 144 valence electrons. The highest BCUT2D eigenvalue weighted by Gasteiger charge is 2.16. The van der Waals surface area contributed by atoms with Gasteiger partial charge in [0.25, 0.3) is 5.91 Å². The van der Waals surface area contributed by atoms with Crippen LogP contribution in [-0.4, -0.2) is 24.5 Å². The number of halogens is 2. The van der Waals surface area contributed by atoms with E-state index in [1.807, 2.05) is 24.3 Å². The molecule has 6 nitrogen and oxygen atoms in total. The molecule has 0 aliphatic carbocycles. The topological polar surface area (TPSA) is 76.7 Å².